The van der Waals surface area contributed by atoms with E-state index in [1.165, 1.54) is 0 Å². The lowest BCUT2D eigenvalue weighted by Gasteiger charge is -2.41. The monoisotopic (exact) mass is 518 g/mol. The molecule has 2 amide bonds. The summed E-state index contributed by atoms with van der Waals surface area (Å²) in [7, 11) is 0. The number of para-hydroxylation sites is 1. The van der Waals surface area contributed by atoms with Gasteiger partial charge in [0.25, 0.3) is 5.91 Å². The molecule has 2 aromatic carbocycles. The predicted molar refractivity (Wildman–Crippen MR) is 155 cm³/mol. The van der Waals surface area contributed by atoms with Crippen LogP contribution >= 0.6 is 11.8 Å². The third-order valence-electron chi connectivity index (χ3n) is 6.52. The Morgan fingerprint density at radius 1 is 1.08 bits per heavy atom. The van der Waals surface area contributed by atoms with Gasteiger partial charge in [0, 0.05) is 30.1 Å². The van der Waals surface area contributed by atoms with E-state index < -0.39 is 0 Å². The first kappa shape index (κ1) is 27.0. The standard InChI is InChI=1S/C30H38N4O2S/c1-20(19-30(3,4)5)17-25(35)32-24-14-9-11-22(18-24)27-26(28(36)33-23-12-7-6-8-13-23)21(2)31-29-34(27)15-10-16-37-29/h6-9,11-14,18,20,27H,10,15-17,19H2,1-5H3,(H,32,35)(H,33,36). The van der Waals surface area contributed by atoms with Crippen molar-refractivity contribution < 1.29 is 9.59 Å². The largest absolute Gasteiger partial charge is 0.340 e. The Morgan fingerprint density at radius 2 is 1.81 bits per heavy atom. The second-order valence-corrected chi connectivity index (χ2v) is 12.3. The lowest BCUT2D eigenvalue weighted by Crippen LogP contribution is -2.43. The third-order valence-corrected chi connectivity index (χ3v) is 7.59. The fourth-order valence-corrected chi connectivity index (χ4v) is 6.28. The summed E-state index contributed by atoms with van der Waals surface area (Å²) in [5.41, 5.74) is 4.02. The average Bonchev–Trinajstić information content (AvgIpc) is 2.82. The lowest BCUT2D eigenvalue weighted by molar-refractivity contribution is -0.117. The molecule has 2 aliphatic rings. The number of rotatable bonds is 7. The highest BCUT2D eigenvalue weighted by Gasteiger charge is 2.37. The fraction of sp³-hybridized carbons (Fsp3) is 0.433. The molecule has 2 aliphatic heterocycles. The minimum atomic E-state index is -0.277. The van der Waals surface area contributed by atoms with E-state index >= 15 is 0 Å². The van der Waals surface area contributed by atoms with E-state index in [0.29, 0.717) is 17.9 Å². The molecule has 4 rings (SSSR count). The number of hydrogen-bond donors (Lipinski definition) is 2. The number of amidine groups is 1. The van der Waals surface area contributed by atoms with Crippen molar-refractivity contribution in [2.75, 3.05) is 22.9 Å². The molecule has 0 radical (unpaired) electrons. The number of fused-ring (bicyclic) bond motifs is 1. The molecule has 0 aliphatic carbocycles. The van der Waals surface area contributed by atoms with Gasteiger partial charge >= 0.3 is 0 Å². The molecule has 0 spiro atoms. The molecule has 0 saturated carbocycles. The predicted octanol–water partition coefficient (Wildman–Crippen LogP) is 6.85. The van der Waals surface area contributed by atoms with Crippen LogP contribution in [0.4, 0.5) is 11.4 Å². The Bertz CT molecular complexity index is 1200. The topological polar surface area (TPSA) is 73.8 Å². The first-order valence-electron chi connectivity index (χ1n) is 13.1. The molecular formula is C30H38N4O2S. The maximum atomic E-state index is 13.6. The minimum absolute atomic E-state index is 0.0158. The molecular weight excluding hydrogens is 480 g/mol. The molecule has 2 aromatic rings. The van der Waals surface area contributed by atoms with Crippen molar-refractivity contribution >= 4 is 40.1 Å². The van der Waals surface area contributed by atoms with Crippen molar-refractivity contribution in [1.82, 2.24) is 4.90 Å². The highest BCUT2D eigenvalue weighted by molar-refractivity contribution is 8.13. The normalized spacial score (nSPS) is 18.6. The Hall–Kier alpha value is -3.06. The van der Waals surface area contributed by atoms with E-state index in [9.17, 15) is 9.59 Å². The van der Waals surface area contributed by atoms with Gasteiger partial charge in [0.2, 0.25) is 5.91 Å². The van der Waals surface area contributed by atoms with Gasteiger partial charge in [0.15, 0.2) is 5.17 Å². The molecule has 0 aromatic heterocycles. The molecule has 7 heteroatoms. The maximum absolute atomic E-state index is 13.6. The van der Waals surface area contributed by atoms with Crippen molar-refractivity contribution in [1.29, 1.82) is 0 Å². The molecule has 1 saturated heterocycles. The zero-order chi connectivity index (χ0) is 26.6. The molecule has 2 unspecified atom stereocenters. The van der Waals surface area contributed by atoms with Crippen molar-refractivity contribution in [3.63, 3.8) is 0 Å². The van der Waals surface area contributed by atoms with Gasteiger partial charge in [-0.05, 0) is 60.9 Å². The van der Waals surface area contributed by atoms with Gasteiger partial charge in [-0.15, -0.1) is 0 Å². The van der Waals surface area contributed by atoms with E-state index in [4.69, 9.17) is 4.99 Å². The summed E-state index contributed by atoms with van der Waals surface area (Å²) in [6.45, 7) is 11.5. The Morgan fingerprint density at radius 3 is 2.54 bits per heavy atom. The second kappa shape index (κ2) is 11.5. The van der Waals surface area contributed by atoms with E-state index in [1.54, 1.807) is 11.8 Å². The highest BCUT2D eigenvalue weighted by atomic mass is 32.2. The molecule has 2 heterocycles. The minimum Gasteiger partial charge on any atom is -0.340 e. The molecule has 0 bridgehead atoms. The zero-order valence-corrected chi connectivity index (χ0v) is 23.3. The molecule has 6 nitrogen and oxygen atoms in total. The number of amides is 2. The number of thioether (sulfide) groups is 1. The van der Waals surface area contributed by atoms with Crippen molar-refractivity contribution in [2.24, 2.45) is 16.3 Å². The van der Waals surface area contributed by atoms with Crippen LogP contribution in [-0.2, 0) is 9.59 Å². The first-order chi connectivity index (χ1) is 17.6. The second-order valence-electron chi connectivity index (χ2n) is 11.3. The smallest absolute Gasteiger partial charge is 0.255 e. The number of allylic oxidation sites excluding steroid dienone is 1. The Labute approximate surface area is 225 Å². The van der Waals surface area contributed by atoms with Crippen LogP contribution in [0.15, 0.2) is 70.9 Å². The summed E-state index contributed by atoms with van der Waals surface area (Å²) in [6.07, 6.45) is 2.49. The number of hydrogen-bond acceptors (Lipinski definition) is 5. The summed E-state index contributed by atoms with van der Waals surface area (Å²) >= 11 is 1.73. The molecule has 196 valence electrons. The highest BCUT2D eigenvalue weighted by Crippen LogP contribution is 2.40. The van der Waals surface area contributed by atoms with Crippen molar-refractivity contribution in [3.8, 4) is 0 Å². The summed E-state index contributed by atoms with van der Waals surface area (Å²) in [4.78, 5) is 33.5. The Kier molecular flexibility index (Phi) is 8.42. The van der Waals surface area contributed by atoms with Crippen LogP contribution in [0.2, 0.25) is 0 Å². The van der Waals surface area contributed by atoms with Crippen LogP contribution in [0.3, 0.4) is 0 Å². The number of nitrogens with one attached hydrogen (secondary N) is 2. The van der Waals surface area contributed by atoms with Crippen LogP contribution in [-0.4, -0.2) is 34.2 Å². The van der Waals surface area contributed by atoms with Gasteiger partial charge < -0.3 is 15.5 Å². The quantitative estimate of drug-likeness (QED) is 0.420. The SMILES string of the molecule is CC1=C(C(=O)Nc2ccccc2)C(c2cccc(NC(=O)CC(C)CC(C)(C)C)c2)N2CCCSC2=N1. The van der Waals surface area contributed by atoms with Crippen molar-refractivity contribution in [2.45, 2.75) is 59.9 Å². The first-order valence-corrected chi connectivity index (χ1v) is 14.0. The summed E-state index contributed by atoms with van der Waals surface area (Å²) in [5, 5.41) is 7.10. The van der Waals surface area contributed by atoms with Gasteiger partial charge in [-0.1, -0.05) is 69.8 Å². The number of aliphatic imine (C=N–C) groups is 1. The maximum Gasteiger partial charge on any atom is 0.255 e. The van der Waals surface area contributed by atoms with Crippen LogP contribution < -0.4 is 10.6 Å². The lowest BCUT2D eigenvalue weighted by atomic mass is 9.84. The number of carbonyl (C=O) groups is 2. The zero-order valence-electron chi connectivity index (χ0n) is 22.5. The van der Waals surface area contributed by atoms with Gasteiger partial charge in [0.1, 0.15) is 0 Å². The summed E-state index contributed by atoms with van der Waals surface area (Å²) in [5.74, 6) is 1.17. The van der Waals surface area contributed by atoms with Crippen LogP contribution in [0.1, 0.15) is 65.5 Å². The molecule has 1 fully saturated rings. The Balaban J connectivity index is 1.60. The number of anilines is 2. The summed E-state index contributed by atoms with van der Waals surface area (Å²) < 4.78 is 0. The van der Waals surface area contributed by atoms with Gasteiger partial charge in [0.05, 0.1) is 17.3 Å². The summed E-state index contributed by atoms with van der Waals surface area (Å²) in [6, 6.07) is 17.1. The van der Waals surface area contributed by atoms with E-state index in [0.717, 1.165) is 52.9 Å². The fourth-order valence-electron chi connectivity index (χ4n) is 5.26. The number of nitrogens with zero attached hydrogens (tertiary/aromatic N) is 2. The third kappa shape index (κ3) is 7.04. The van der Waals surface area contributed by atoms with E-state index in [-0.39, 0.29) is 23.3 Å². The van der Waals surface area contributed by atoms with Gasteiger partial charge in [-0.3, -0.25) is 9.59 Å². The molecule has 2 atom stereocenters. The van der Waals surface area contributed by atoms with Crippen molar-refractivity contribution in [3.05, 3.63) is 71.4 Å². The molecule has 37 heavy (non-hydrogen) atoms. The average molecular weight is 519 g/mol. The van der Waals surface area contributed by atoms with Gasteiger partial charge in [-0.25, -0.2) is 4.99 Å². The van der Waals surface area contributed by atoms with Gasteiger partial charge in [-0.2, -0.15) is 0 Å². The van der Waals surface area contributed by atoms with E-state index in [1.807, 2.05) is 61.5 Å². The van der Waals surface area contributed by atoms with Crippen LogP contribution in [0.25, 0.3) is 0 Å². The van der Waals surface area contributed by atoms with Crippen LogP contribution in [0.5, 0.6) is 0 Å². The van der Waals surface area contributed by atoms with Crippen LogP contribution in [0, 0.1) is 11.3 Å². The number of benzene rings is 2. The van der Waals surface area contributed by atoms with E-state index in [2.05, 4.69) is 43.2 Å². The number of carbonyl (C=O) groups excluding carboxylic acids is 2. The molecule has 2 N–H and O–H groups in total.